The molecule has 0 saturated heterocycles. The highest BCUT2D eigenvalue weighted by Gasteiger charge is 2.30. The Balaban J connectivity index is 1.90. The lowest BCUT2D eigenvalue weighted by molar-refractivity contribution is 0.0672. The molecule has 0 radical (unpaired) electrons. The van der Waals surface area contributed by atoms with E-state index in [2.05, 4.69) is 47.6 Å². The van der Waals surface area contributed by atoms with Gasteiger partial charge in [-0.1, -0.05) is 47.7 Å². The summed E-state index contributed by atoms with van der Waals surface area (Å²) in [6.07, 6.45) is -0.149. The van der Waals surface area contributed by atoms with Crippen LogP contribution in [-0.4, -0.2) is 22.1 Å². The number of para-hydroxylation sites is 1. The topological polar surface area (TPSA) is 39.9 Å². The Morgan fingerprint density at radius 3 is 2.44 bits per heavy atom. The number of fused-ring (bicyclic) bond motifs is 1. The monoisotopic (exact) mass is 349 g/mol. The van der Waals surface area contributed by atoms with Crippen molar-refractivity contribution in [2.75, 3.05) is 7.11 Å². The van der Waals surface area contributed by atoms with Crippen molar-refractivity contribution < 1.29 is 4.74 Å². The maximum Gasteiger partial charge on any atom is 0.119 e. The summed E-state index contributed by atoms with van der Waals surface area (Å²) in [5, 5.41) is 8.81. The molecule has 25 heavy (non-hydrogen) atoms. The Labute approximate surface area is 150 Å². The molecule has 2 atom stereocenters. The first-order valence-electron chi connectivity index (χ1n) is 8.22. The predicted molar refractivity (Wildman–Crippen MR) is 101 cm³/mol. The van der Waals surface area contributed by atoms with Gasteiger partial charge in [-0.3, -0.25) is 0 Å². The van der Waals surface area contributed by atoms with Gasteiger partial charge in [-0.25, -0.2) is 4.68 Å². The van der Waals surface area contributed by atoms with Gasteiger partial charge in [0.1, 0.15) is 17.7 Å². The summed E-state index contributed by atoms with van der Waals surface area (Å²) in [4.78, 5) is 2.48. The number of aryl methyl sites for hydroxylation is 1. The second-order valence-electron chi connectivity index (χ2n) is 5.98. The average Bonchev–Trinajstić information content (AvgIpc) is 3.27. The Morgan fingerprint density at radius 1 is 0.960 bits per heavy atom. The van der Waals surface area contributed by atoms with Crippen LogP contribution in [0.5, 0.6) is 0 Å². The fraction of sp³-hybridized carbons (Fsp3) is 0.200. The summed E-state index contributed by atoms with van der Waals surface area (Å²) >= 11 is 1.77. The molecule has 0 fully saturated rings. The van der Waals surface area contributed by atoms with Gasteiger partial charge >= 0.3 is 0 Å². The van der Waals surface area contributed by atoms with Crippen molar-refractivity contribution >= 4 is 22.4 Å². The van der Waals surface area contributed by atoms with Crippen LogP contribution in [-0.2, 0) is 4.74 Å². The molecule has 0 bridgehead atoms. The Kier molecular flexibility index (Phi) is 4.34. The quantitative estimate of drug-likeness (QED) is 0.521. The van der Waals surface area contributed by atoms with E-state index >= 15 is 0 Å². The molecule has 4 rings (SSSR count). The molecule has 2 unspecified atom stereocenters. The summed E-state index contributed by atoms with van der Waals surface area (Å²) in [5.74, 6) is 0. The smallest absolute Gasteiger partial charge is 0.119 e. The molecule has 0 aliphatic heterocycles. The van der Waals surface area contributed by atoms with E-state index in [1.807, 2.05) is 41.1 Å². The zero-order valence-electron chi connectivity index (χ0n) is 14.2. The van der Waals surface area contributed by atoms with Crippen molar-refractivity contribution in [2.24, 2.45) is 0 Å². The molecule has 0 N–H and O–H groups in total. The molecule has 0 amide bonds. The average molecular weight is 349 g/mol. The minimum atomic E-state index is -0.149. The molecule has 126 valence electrons. The highest BCUT2D eigenvalue weighted by Crippen LogP contribution is 2.39. The SMILES string of the molecule is COC(c1ccccc1)C(c1ccc(C)s1)n1nnc2ccccc21. The molecule has 2 aromatic heterocycles. The van der Waals surface area contributed by atoms with E-state index in [1.165, 1.54) is 9.75 Å². The fourth-order valence-electron chi connectivity index (χ4n) is 3.19. The van der Waals surface area contributed by atoms with E-state index in [9.17, 15) is 0 Å². The zero-order valence-corrected chi connectivity index (χ0v) is 15.0. The normalized spacial score (nSPS) is 13.8. The van der Waals surface area contributed by atoms with Gasteiger partial charge in [0, 0.05) is 16.9 Å². The number of benzene rings is 2. The molecule has 2 heterocycles. The van der Waals surface area contributed by atoms with Crippen molar-refractivity contribution in [3.63, 3.8) is 0 Å². The van der Waals surface area contributed by atoms with E-state index in [0.717, 1.165) is 16.6 Å². The van der Waals surface area contributed by atoms with Crippen LogP contribution in [0.4, 0.5) is 0 Å². The molecule has 0 aliphatic rings. The lowest BCUT2D eigenvalue weighted by atomic mass is 10.0. The minimum Gasteiger partial charge on any atom is -0.374 e. The standard InChI is InChI=1S/C20H19N3OS/c1-14-12-13-18(25-14)19(20(24-2)15-8-4-3-5-9-15)23-17-11-7-6-10-16(17)21-22-23/h3-13,19-20H,1-2H3. The Hall–Kier alpha value is -2.50. The van der Waals surface area contributed by atoms with E-state index in [0.29, 0.717) is 0 Å². The van der Waals surface area contributed by atoms with Crippen LogP contribution in [0.2, 0.25) is 0 Å². The van der Waals surface area contributed by atoms with Crippen molar-refractivity contribution in [3.8, 4) is 0 Å². The summed E-state index contributed by atoms with van der Waals surface area (Å²) in [6.45, 7) is 2.12. The van der Waals surface area contributed by atoms with Gasteiger partial charge in [0.05, 0.1) is 5.52 Å². The second-order valence-corrected chi connectivity index (χ2v) is 7.30. The van der Waals surface area contributed by atoms with Crippen molar-refractivity contribution in [2.45, 2.75) is 19.1 Å². The van der Waals surface area contributed by atoms with Crippen LogP contribution >= 0.6 is 11.3 Å². The van der Waals surface area contributed by atoms with Gasteiger partial charge in [0.25, 0.3) is 0 Å². The van der Waals surface area contributed by atoms with E-state index in [4.69, 9.17) is 4.74 Å². The van der Waals surface area contributed by atoms with Crippen LogP contribution in [0, 0.1) is 6.92 Å². The molecule has 2 aromatic carbocycles. The third kappa shape index (κ3) is 2.97. The highest BCUT2D eigenvalue weighted by molar-refractivity contribution is 7.12. The second kappa shape index (κ2) is 6.78. The Bertz CT molecular complexity index is 977. The summed E-state index contributed by atoms with van der Waals surface area (Å²) in [7, 11) is 1.75. The number of rotatable bonds is 5. The van der Waals surface area contributed by atoms with Crippen LogP contribution in [0.25, 0.3) is 11.0 Å². The van der Waals surface area contributed by atoms with Gasteiger partial charge in [-0.2, -0.15) is 0 Å². The third-order valence-electron chi connectivity index (χ3n) is 4.36. The lowest BCUT2D eigenvalue weighted by Crippen LogP contribution is -2.21. The number of nitrogens with zero attached hydrogens (tertiary/aromatic N) is 3. The molecule has 0 aliphatic carbocycles. The molecule has 0 saturated carbocycles. The van der Waals surface area contributed by atoms with E-state index < -0.39 is 0 Å². The molecular formula is C20H19N3OS. The van der Waals surface area contributed by atoms with E-state index in [1.54, 1.807) is 18.4 Å². The van der Waals surface area contributed by atoms with Gasteiger partial charge in [0.15, 0.2) is 0 Å². The summed E-state index contributed by atoms with van der Waals surface area (Å²) in [5.41, 5.74) is 3.03. The van der Waals surface area contributed by atoms with Crippen LogP contribution in [0.15, 0.2) is 66.7 Å². The molecule has 4 nitrogen and oxygen atoms in total. The third-order valence-corrected chi connectivity index (χ3v) is 5.43. The number of aromatic nitrogens is 3. The van der Waals surface area contributed by atoms with E-state index in [-0.39, 0.29) is 12.1 Å². The first-order valence-corrected chi connectivity index (χ1v) is 9.03. The van der Waals surface area contributed by atoms with Crippen LogP contribution in [0.3, 0.4) is 0 Å². The lowest BCUT2D eigenvalue weighted by Gasteiger charge is -2.26. The minimum absolute atomic E-state index is 0.0708. The largest absolute Gasteiger partial charge is 0.374 e. The first kappa shape index (κ1) is 16.0. The van der Waals surface area contributed by atoms with Gasteiger partial charge in [0.2, 0.25) is 0 Å². The first-order chi connectivity index (χ1) is 12.3. The predicted octanol–water partition coefficient (Wildman–Crippen LogP) is 4.78. The van der Waals surface area contributed by atoms with Crippen LogP contribution < -0.4 is 0 Å². The van der Waals surface area contributed by atoms with Gasteiger partial charge < -0.3 is 4.74 Å². The van der Waals surface area contributed by atoms with Gasteiger partial charge in [-0.05, 0) is 36.8 Å². The van der Waals surface area contributed by atoms with Crippen molar-refractivity contribution in [1.82, 2.24) is 15.0 Å². The Morgan fingerprint density at radius 2 is 1.72 bits per heavy atom. The molecular weight excluding hydrogens is 330 g/mol. The molecule has 0 spiro atoms. The van der Waals surface area contributed by atoms with Crippen molar-refractivity contribution in [3.05, 3.63) is 82.0 Å². The maximum atomic E-state index is 5.95. The number of thiophene rings is 1. The fourth-order valence-corrected chi connectivity index (χ4v) is 4.18. The summed E-state index contributed by atoms with van der Waals surface area (Å²) < 4.78 is 7.94. The molecule has 5 heteroatoms. The molecule has 4 aromatic rings. The number of hydrogen-bond acceptors (Lipinski definition) is 4. The maximum absolute atomic E-state index is 5.95. The summed E-state index contributed by atoms with van der Waals surface area (Å²) in [6, 6.07) is 22.6. The van der Waals surface area contributed by atoms with Crippen LogP contribution in [0.1, 0.15) is 27.5 Å². The zero-order chi connectivity index (χ0) is 17.2. The highest BCUT2D eigenvalue weighted by atomic mass is 32.1. The number of methoxy groups -OCH3 is 1. The van der Waals surface area contributed by atoms with Crippen molar-refractivity contribution in [1.29, 1.82) is 0 Å². The number of hydrogen-bond donors (Lipinski definition) is 0. The number of ether oxygens (including phenoxy) is 1. The van der Waals surface area contributed by atoms with Gasteiger partial charge in [-0.15, -0.1) is 16.4 Å².